The predicted molar refractivity (Wildman–Crippen MR) is 124 cm³/mol. The normalized spacial score (nSPS) is 14.9. The predicted octanol–water partition coefficient (Wildman–Crippen LogP) is 4.01. The zero-order valence-electron chi connectivity index (χ0n) is 19.7. The van der Waals surface area contributed by atoms with Crippen molar-refractivity contribution in [3.8, 4) is 28.8 Å². The molecular formula is C25H26F2N4O4. The van der Waals surface area contributed by atoms with Gasteiger partial charge in [-0.15, -0.1) is 0 Å². The summed E-state index contributed by atoms with van der Waals surface area (Å²) in [5.41, 5.74) is 1.59. The molecule has 1 aliphatic heterocycles. The lowest BCUT2D eigenvalue weighted by Gasteiger charge is -2.30. The number of pyridine rings is 1. The number of imidazole rings is 1. The number of ether oxygens (including phenoxy) is 2. The number of alkyl halides is 2. The van der Waals surface area contributed by atoms with Crippen LogP contribution in [0.2, 0.25) is 0 Å². The Hall–Kier alpha value is -3.71. The van der Waals surface area contributed by atoms with Crippen LogP contribution in [-0.2, 0) is 5.41 Å². The van der Waals surface area contributed by atoms with E-state index in [-0.39, 0.29) is 17.1 Å². The van der Waals surface area contributed by atoms with Gasteiger partial charge in [0.05, 0.1) is 36.6 Å². The summed E-state index contributed by atoms with van der Waals surface area (Å²) >= 11 is 0. The van der Waals surface area contributed by atoms with Crippen LogP contribution in [0.1, 0.15) is 42.6 Å². The number of nitrogens with zero attached hydrogens (tertiary/aromatic N) is 4. The molecule has 0 aliphatic carbocycles. The van der Waals surface area contributed by atoms with Gasteiger partial charge in [-0.1, -0.05) is 0 Å². The van der Waals surface area contributed by atoms with E-state index in [1.54, 1.807) is 48.8 Å². The van der Waals surface area contributed by atoms with Crippen molar-refractivity contribution in [2.45, 2.75) is 44.8 Å². The number of carbonyl (C=O) groups excluding carboxylic acids is 1. The first-order valence-corrected chi connectivity index (χ1v) is 11.2. The van der Waals surface area contributed by atoms with Crippen molar-refractivity contribution in [3.63, 3.8) is 0 Å². The van der Waals surface area contributed by atoms with Gasteiger partial charge in [-0.2, -0.15) is 14.0 Å². The number of aromatic nitrogens is 2. The number of likely N-dealkylation sites (tertiary alicyclic amines) is 1. The molecule has 0 unspecified atom stereocenters. The molecule has 0 spiro atoms. The van der Waals surface area contributed by atoms with E-state index in [0.29, 0.717) is 42.8 Å². The quantitative estimate of drug-likeness (QED) is 0.568. The van der Waals surface area contributed by atoms with Gasteiger partial charge in [-0.3, -0.25) is 9.20 Å². The minimum Gasteiger partial charge on any atom is -0.496 e. The number of rotatable bonds is 6. The summed E-state index contributed by atoms with van der Waals surface area (Å²) in [6, 6.07) is 8.81. The van der Waals surface area contributed by atoms with Crippen LogP contribution in [0.25, 0.3) is 16.9 Å². The molecule has 1 aliphatic rings. The number of methoxy groups -OCH3 is 1. The maximum absolute atomic E-state index is 13.3. The fourth-order valence-electron chi connectivity index (χ4n) is 4.17. The molecule has 3 heterocycles. The molecule has 8 nitrogen and oxygen atoms in total. The lowest BCUT2D eigenvalue weighted by atomic mass is 9.87. The SMILES string of the molecule is COc1cc(-c2cnc3cc(C(C)(C)C#N)ccn23)cc(OC(F)F)c1C(=O)N1CCC(O)CC1. The second-order valence-corrected chi connectivity index (χ2v) is 8.98. The number of fused-ring (bicyclic) bond motifs is 1. The molecule has 0 atom stereocenters. The molecule has 4 rings (SSSR count). The van der Waals surface area contributed by atoms with E-state index in [1.807, 2.05) is 0 Å². The molecule has 35 heavy (non-hydrogen) atoms. The molecule has 3 aromatic rings. The van der Waals surface area contributed by atoms with E-state index in [2.05, 4.69) is 11.1 Å². The van der Waals surface area contributed by atoms with Crippen LogP contribution < -0.4 is 9.47 Å². The van der Waals surface area contributed by atoms with Gasteiger partial charge in [0, 0.05) is 24.8 Å². The minimum atomic E-state index is -3.15. The van der Waals surface area contributed by atoms with E-state index in [0.717, 1.165) is 5.56 Å². The van der Waals surface area contributed by atoms with Gasteiger partial charge in [-0.05, 0) is 56.5 Å². The average Bonchev–Trinajstić information content (AvgIpc) is 3.26. The highest BCUT2D eigenvalue weighted by Crippen LogP contribution is 2.38. The fraction of sp³-hybridized carbons (Fsp3) is 0.400. The second-order valence-electron chi connectivity index (χ2n) is 8.98. The van der Waals surface area contributed by atoms with Gasteiger partial charge in [0.1, 0.15) is 22.7 Å². The summed E-state index contributed by atoms with van der Waals surface area (Å²) in [6.45, 7) is 1.06. The van der Waals surface area contributed by atoms with Crippen molar-refractivity contribution < 1.29 is 28.2 Å². The van der Waals surface area contributed by atoms with Gasteiger partial charge >= 0.3 is 6.61 Å². The number of nitriles is 1. The van der Waals surface area contributed by atoms with Crippen LogP contribution in [0.3, 0.4) is 0 Å². The number of aliphatic hydroxyl groups is 1. The number of hydrogen-bond acceptors (Lipinski definition) is 6. The number of carbonyl (C=O) groups is 1. The van der Waals surface area contributed by atoms with Crippen LogP contribution in [-0.4, -0.2) is 58.2 Å². The third-order valence-electron chi connectivity index (χ3n) is 6.28. The summed E-state index contributed by atoms with van der Waals surface area (Å²) in [6.07, 6.45) is 3.65. The molecule has 10 heteroatoms. The third-order valence-corrected chi connectivity index (χ3v) is 6.28. The molecular weight excluding hydrogens is 458 g/mol. The molecule has 1 fully saturated rings. The Morgan fingerprint density at radius 3 is 2.57 bits per heavy atom. The zero-order chi connectivity index (χ0) is 25.3. The molecule has 0 bridgehead atoms. The molecule has 1 aromatic carbocycles. The number of hydrogen-bond donors (Lipinski definition) is 1. The van der Waals surface area contributed by atoms with Crippen LogP contribution in [0.4, 0.5) is 8.78 Å². The maximum atomic E-state index is 13.3. The first kappa shape index (κ1) is 24.4. The zero-order valence-corrected chi connectivity index (χ0v) is 19.7. The topological polar surface area (TPSA) is 100 Å². The van der Waals surface area contributed by atoms with Gasteiger partial charge in [0.15, 0.2) is 0 Å². The first-order valence-electron chi connectivity index (χ1n) is 11.2. The average molecular weight is 485 g/mol. The number of benzene rings is 1. The number of amides is 1. The first-order chi connectivity index (χ1) is 16.6. The van der Waals surface area contributed by atoms with Crippen LogP contribution >= 0.6 is 0 Å². The van der Waals surface area contributed by atoms with E-state index < -0.39 is 24.0 Å². The fourth-order valence-corrected chi connectivity index (χ4v) is 4.17. The molecule has 0 saturated carbocycles. The highest BCUT2D eigenvalue weighted by atomic mass is 19.3. The van der Waals surface area contributed by atoms with Crippen molar-refractivity contribution in [1.29, 1.82) is 5.26 Å². The molecule has 2 aromatic heterocycles. The molecule has 184 valence electrons. The summed E-state index contributed by atoms with van der Waals surface area (Å²) in [4.78, 5) is 19.2. The van der Waals surface area contributed by atoms with E-state index in [1.165, 1.54) is 18.1 Å². The Morgan fingerprint density at radius 2 is 1.94 bits per heavy atom. The minimum absolute atomic E-state index is 0.0893. The Balaban J connectivity index is 1.80. The number of piperidine rings is 1. The van der Waals surface area contributed by atoms with Crippen LogP contribution in [0, 0.1) is 11.3 Å². The Labute approximate surface area is 201 Å². The van der Waals surface area contributed by atoms with Crippen LogP contribution in [0.15, 0.2) is 36.7 Å². The second kappa shape index (κ2) is 9.50. The van der Waals surface area contributed by atoms with E-state index >= 15 is 0 Å². The Morgan fingerprint density at radius 1 is 1.26 bits per heavy atom. The summed E-state index contributed by atoms with van der Waals surface area (Å²) < 4.78 is 38.7. The van der Waals surface area contributed by atoms with Crippen molar-refractivity contribution >= 4 is 11.6 Å². The standard InChI is InChI=1S/C25H26F2N4O4/c1-25(2,14-28)16-4-9-31-18(13-29-21(31)12-16)15-10-19(34-3)22(20(11-15)35-24(26)27)23(33)30-7-5-17(32)6-8-30/h4,9-13,17,24,32H,5-8H2,1-3H3. The molecule has 1 N–H and O–H groups in total. The highest BCUT2D eigenvalue weighted by Gasteiger charge is 2.30. The van der Waals surface area contributed by atoms with Crippen LogP contribution in [0.5, 0.6) is 11.5 Å². The summed E-state index contributed by atoms with van der Waals surface area (Å²) in [7, 11) is 1.35. The maximum Gasteiger partial charge on any atom is 0.387 e. The van der Waals surface area contributed by atoms with E-state index in [4.69, 9.17) is 9.47 Å². The highest BCUT2D eigenvalue weighted by molar-refractivity contribution is 6.00. The smallest absolute Gasteiger partial charge is 0.387 e. The lowest BCUT2D eigenvalue weighted by molar-refractivity contribution is -0.0503. The number of aliphatic hydroxyl groups excluding tert-OH is 1. The van der Waals surface area contributed by atoms with Gasteiger partial charge in [0.2, 0.25) is 0 Å². The largest absolute Gasteiger partial charge is 0.496 e. The lowest BCUT2D eigenvalue weighted by Crippen LogP contribution is -2.40. The molecule has 1 saturated heterocycles. The molecule has 1 amide bonds. The van der Waals surface area contributed by atoms with Crippen molar-refractivity contribution in [1.82, 2.24) is 14.3 Å². The number of halogens is 2. The monoisotopic (exact) mass is 484 g/mol. The Bertz CT molecular complexity index is 1290. The van der Waals surface area contributed by atoms with E-state index in [9.17, 15) is 23.9 Å². The van der Waals surface area contributed by atoms with Gasteiger partial charge in [-0.25, -0.2) is 4.98 Å². The van der Waals surface area contributed by atoms with Crippen molar-refractivity contribution in [2.24, 2.45) is 0 Å². The van der Waals surface area contributed by atoms with Crippen molar-refractivity contribution in [2.75, 3.05) is 20.2 Å². The Kier molecular flexibility index (Phi) is 6.63. The molecule has 0 radical (unpaired) electrons. The summed E-state index contributed by atoms with van der Waals surface area (Å²) in [5.74, 6) is -0.716. The third kappa shape index (κ3) is 4.77. The van der Waals surface area contributed by atoms with Gasteiger partial charge < -0.3 is 19.5 Å². The van der Waals surface area contributed by atoms with Gasteiger partial charge in [0.25, 0.3) is 5.91 Å². The van der Waals surface area contributed by atoms with Crippen molar-refractivity contribution in [3.05, 3.63) is 47.8 Å². The summed E-state index contributed by atoms with van der Waals surface area (Å²) in [5, 5.41) is 19.2.